The molecule has 2 heterocycles. The van der Waals surface area contributed by atoms with Gasteiger partial charge in [-0.1, -0.05) is 30.3 Å². The molecule has 0 fully saturated rings. The number of benzene rings is 2. The van der Waals surface area contributed by atoms with E-state index >= 15 is 0 Å². The first kappa shape index (κ1) is 14.5. The molecule has 1 unspecified atom stereocenters. The van der Waals surface area contributed by atoms with Crippen molar-refractivity contribution in [3.05, 3.63) is 65.9 Å². The molecule has 23 heavy (non-hydrogen) atoms. The Morgan fingerprint density at radius 1 is 1.09 bits per heavy atom. The summed E-state index contributed by atoms with van der Waals surface area (Å²) in [5.74, 6) is 0. The van der Waals surface area contributed by atoms with E-state index in [2.05, 4.69) is 18.3 Å². The van der Waals surface area contributed by atoms with E-state index in [9.17, 15) is 8.42 Å². The largest absolute Gasteiger partial charge is 0.310 e. The van der Waals surface area contributed by atoms with Gasteiger partial charge in [0.1, 0.15) is 0 Å². The van der Waals surface area contributed by atoms with Crippen LogP contribution in [0.25, 0.3) is 10.9 Å². The van der Waals surface area contributed by atoms with Gasteiger partial charge in [-0.25, -0.2) is 12.4 Å². The van der Waals surface area contributed by atoms with E-state index in [0.717, 1.165) is 35.0 Å². The number of nitrogens with zero attached hydrogens (tertiary/aromatic N) is 1. The number of rotatable bonds is 2. The van der Waals surface area contributed by atoms with Crippen LogP contribution in [0.2, 0.25) is 0 Å². The molecule has 4 nitrogen and oxygen atoms in total. The molecule has 0 radical (unpaired) electrons. The number of nitrogens with one attached hydrogen (secondary N) is 1. The first-order valence-corrected chi connectivity index (χ1v) is 9.20. The molecule has 1 aliphatic rings. The van der Waals surface area contributed by atoms with Gasteiger partial charge in [0.05, 0.1) is 10.4 Å². The molecule has 0 aliphatic carbocycles. The first-order valence-electron chi connectivity index (χ1n) is 7.76. The highest BCUT2D eigenvalue weighted by molar-refractivity contribution is 7.90. The van der Waals surface area contributed by atoms with Crippen molar-refractivity contribution in [3.63, 3.8) is 0 Å². The summed E-state index contributed by atoms with van der Waals surface area (Å²) in [5, 5.41) is 4.54. The summed E-state index contributed by atoms with van der Waals surface area (Å²) in [6.45, 7) is 2.97. The highest BCUT2D eigenvalue weighted by atomic mass is 32.2. The molecule has 118 valence electrons. The summed E-state index contributed by atoms with van der Waals surface area (Å²) in [4.78, 5) is 0.317. The lowest BCUT2D eigenvalue weighted by atomic mass is 10.0. The van der Waals surface area contributed by atoms with Gasteiger partial charge in [-0.15, -0.1) is 0 Å². The SMILES string of the molecule is CC1NCCc2cn(S(=O)(=O)c3ccccc3)c3cccc1c23. The van der Waals surface area contributed by atoms with Crippen molar-refractivity contribution in [1.82, 2.24) is 9.29 Å². The molecule has 0 spiro atoms. The topological polar surface area (TPSA) is 51.1 Å². The summed E-state index contributed by atoms with van der Waals surface area (Å²) in [6.07, 6.45) is 2.62. The molecule has 0 amide bonds. The minimum absolute atomic E-state index is 0.218. The summed E-state index contributed by atoms with van der Waals surface area (Å²) >= 11 is 0. The van der Waals surface area contributed by atoms with Gasteiger partial charge in [0.25, 0.3) is 10.0 Å². The molecule has 3 aromatic rings. The Bertz CT molecular complexity index is 975. The smallest absolute Gasteiger partial charge is 0.268 e. The Morgan fingerprint density at radius 2 is 1.87 bits per heavy atom. The second-order valence-corrected chi connectivity index (χ2v) is 7.75. The normalized spacial score (nSPS) is 18.0. The van der Waals surface area contributed by atoms with Gasteiger partial charge in [-0.05, 0) is 49.2 Å². The van der Waals surface area contributed by atoms with E-state index in [-0.39, 0.29) is 6.04 Å². The van der Waals surface area contributed by atoms with Crippen LogP contribution in [0.1, 0.15) is 24.1 Å². The van der Waals surface area contributed by atoms with Crippen LogP contribution in [0.5, 0.6) is 0 Å². The molecule has 2 aromatic carbocycles. The van der Waals surface area contributed by atoms with Gasteiger partial charge in [-0.3, -0.25) is 0 Å². The lowest BCUT2D eigenvalue weighted by Crippen LogP contribution is -2.19. The quantitative estimate of drug-likeness (QED) is 0.787. The van der Waals surface area contributed by atoms with Gasteiger partial charge in [0, 0.05) is 17.6 Å². The Hall–Kier alpha value is -2.11. The van der Waals surface area contributed by atoms with Crippen LogP contribution in [-0.4, -0.2) is 18.9 Å². The average Bonchev–Trinajstić information content (AvgIpc) is 2.87. The minimum Gasteiger partial charge on any atom is -0.310 e. The first-order chi connectivity index (χ1) is 11.1. The minimum atomic E-state index is -3.58. The molecule has 1 atom stereocenters. The van der Waals surface area contributed by atoms with Crippen molar-refractivity contribution in [1.29, 1.82) is 0 Å². The highest BCUT2D eigenvalue weighted by Gasteiger charge is 2.24. The zero-order valence-corrected chi connectivity index (χ0v) is 13.7. The van der Waals surface area contributed by atoms with Gasteiger partial charge in [-0.2, -0.15) is 0 Å². The maximum Gasteiger partial charge on any atom is 0.268 e. The molecule has 0 saturated heterocycles. The predicted octanol–water partition coefficient (Wildman–Crippen LogP) is 3.09. The molecule has 0 saturated carbocycles. The van der Waals surface area contributed by atoms with Gasteiger partial charge in [0.15, 0.2) is 0 Å². The van der Waals surface area contributed by atoms with Gasteiger partial charge in [0.2, 0.25) is 0 Å². The van der Waals surface area contributed by atoms with E-state index in [1.807, 2.05) is 18.2 Å². The molecule has 5 heteroatoms. The Morgan fingerprint density at radius 3 is 2.65 bits per heavy atom. The van der Waals surface area contributed by atoms with E-state index in [1.165, 1.54) is 3.97 Å². The van der Waals surface area contributed by atoms with Crippen LogP contribution in [0.4, 0.5) is 0 Å². The van der Waals surface area contributed by atoms with Gasteiger partial charge < -0.3 is 5.32 Å². The van der Waals surface area contributed by atoms with Crippen LogP contribution in [0, 0.1) is 0 Å². The third-order valence-electron chi connectivity index (χ3n) is 4.52. The molecular weight excluding hydrogens is 308 g/mol. The maximum absolute atomic E-state index is 13.0. The number of hydrogen-bond acceptors (Lipinski definition) is 3. The third kappa shape index (κ3) is 2.19. The summed E-state index contributed by atoms with van der Waals surface area (Å²) in [5.41, 5.74) is 3.01. The van der Waals surface area contributed by atoms with E-state index in [1.54, 1.807) is 30.5 Å². The highest BCUT2D eigenvalue weighted by Crippen LogP contribution is 2.33. The summed E-state index contributed by atoms with van der Waals surface area (Å²) in [7, 11) is -3.58. The van der Waals surface area contributed by atoms with Crippen LogP contribution < -0.4 is 5.32 Å². The standard InChI is InChI=1S/C18H18N2O2S/c1-13-16-8-5-9-17-18(16)14(10-11-19-13)12-20(17)23(21,22)15-6-3-2-4-7-15/h2-9,12-13,19H,10-11H2,1H3. The average molecular weight is 326 g/mol. The van der Waals surface area contributed by atoms with E-state index < -0.39 is 10.0 Å². The van der Waals surface area contributed by atoms with Crippen molar-refractivity contribution < 1.29 is 8.42 Å². The molecule has 4 rings (SSSR count). The van der Waals surface area contributed by atoms with Crippen molar-refractivity contribution in [2.75, 3.05) is 6.54 Å². The third-order valence-corrected chi connectivity index (χ3v) is 6.21. The van der Waals surface area contributed by atoms with Gasteiger partial charge >= 0.3 is 0 Å². The van der Waals surface area contributed by atoms with Crippen molar-refractivity contribution in [2.45, 2.75) is 24.3 Å². The fourth-order valence-electron chi connectivity index (χ4n) is 3.36. The van der Waals surface area contributed by atoms with Crippen LogP contribution >= 0.6 is 0 Å². The fourth-order valence-corrected chi connectivity index (χ4v) is 4.76. The second-order valence-electron chi connectivity index (χ2n) is 5.94. The molecule has 1 aliphatic heterocycles. The fraction of sp³-hybridized carbons (Fsp3) is 0.222. The van der Waals surface area contributed by atoms with Crippen LogP contribution in [0.15, 0.2) is 59.6 Å². The molecular formula is C18H18N2O2S. The summed E-state index contributed by atoms with van der Waals surface area (Å²) < 4.78 is 27.5. The zero-order valence-electron chi connectivity index (χ0n) is 12.9. The maximum atomic E-state index is 13.0. The molecule has 1 N–H and O–H groups in total. The summed E-state index contributed by atoms with van der Waals surface area (Å²) in [6, 6.07) is 14.7. The van der Waals surface area contributed by atoms with Crippen molar-refractivity contribution in [3.8, 4) is 0 Å². The number of hydrogen-bond donors (Lipinski definition) is 1. The van der Waals surface area contributed by atoms with Crippen LogP contribution in [0.3, 0.4) is 0 Å². The van der Waals surface area contributed by atoms with Crippen LogP contribution in [-0.2, 0) is 16.4 Å². The van der Waals surface area contributed by atoms with Crippen molar-refractivity contribution >= 4 is 20.9 Å². The Labute approximate surface area is 135 Å². The monoisotopic (exact) mass is 326 g/mol. The molecule has 1 aromatic heterocycles. The second kappa shape index (κ2) is 5.22. The lowest BCUT2D eigenvalue weighted by molar-refractivity contribution is 0.584. The molecule has 0 bridgehead atoms. The van der Waals surface area contributed by atoms with Crippen molar-refractivity contribution in [2.24, 2.45) is 0 Å². The predicted molar refractivity (Wildman–Crippen MR) is 91.1 cm³/mol. The van der Waals surface area contributed by atoms with E-state index in [0.29, 0.717) is 4.90 Å². The Balaban J connectivity index is 2.02. The Kier molecular flexibility index (Phi) is 3.28. The number of aromatic nitrogens is 1. The zero-order chi connectivity index (χ0) is 16.0. The lowest BCUT2D eigenvalue weighted by Gasteiger charge is -2.13. The van der Waals surface area contributed by atoms with E-state index in [4.69, 9.17) is 0 Å².